The van der Waals surface area contributed by atoms with Gasteiger partial charge in [0.15, 0.2) is 11.6 Å². The molecule has 1 heterocycles. The molecule has 3 aromatic rings. The number of benzene rings is 3. The highest BCUT2D eigenvalue weighted by molar-refractivity contribution is 5.99. The Labute approximate surface area is 199 Å². The van der Waals surface area contributed by atoms with Crippen LogP contribution in [0.2, 0.25) is 0 Å². The molecule has 0 aliphatic carbocycles. The number of ketones is 2. The quantitative estimate of drug-likeness (QED) is 0.341. The predicted molar refractivity (Wildman–Crippen MR) is 135 cm³/mol. The van der Waals surface area contributed by atoms with Crippen LogP contribution in [-0.4, -0.2) is 16.6 Å². The Kier molecular flexibility index (Phi) is 6.61. The van der Waals surface area contributed by atoms with Gasteiger partial charge in [0.2, 0.25) is 0 Å². The summed E-state index contributed by atoms with van der Waals surface area (Å²) in [6.07, 6.45) is 1.55. The van der Waals surface area contributed by atoms with Crippen molar-refractivity contribution in [2.24, 2.45) is 5.84 Å². The van der Waals surface area contributed by atoms with E-state index in [9.17, 15) is 9.59 Å². The van der Waals surface area contributed by atoms with Crippen LogP contribution in [0.5, 0.6) is 0 Å². The molecule has 6 nitrogen and oxygen atoms in total. The van der Waals surface area contributed by atoms with Crippen molar-refractivity contribution in [2.45, 2.75) is 26.6 Å². The second-order valence-electron chi connectivity index (χ2n) is 8.32. The van der Waals surface area contributed by atoms with E-state index in [0.717, 1.165) is 28.0 Å². The number of hydrazine groups is 1. The van der Waals surface area contributed by atoms with Gasteiger partial charge < -0.3 is 10.6 Å². The van der Waals surface area contributed by atoms with Crippen LogP contribution in [0.4, 0.5) is 0 Å². The van der Waals surface area contributed by atoms with Gasteiger partial charge in [-0.2, -0.15) is 0 Å². The normalized spacial score (nSPS) is 14.9. The van der Waals surface area contributed by atoms with E-state index in [2.05, 4.69) is 23.3 Å². The Morgan fingerprint density at radius 1 is 0.941 bits per heavy atom. The number of carbonyl (C=O) groups is 2. The van der Waals surface area contributed by atoms with Crippen molar-refractivity contribution in [1.82, 2.24) is 15.6 Å². The molecule has 1 atom stereocenters. The minimum absolute atomic E-state index is 0.00460. The lowest BCUT2D eigenvalue weighted by atomic mass is 10.0. The zero-order valence-electron chi connectivity index (χ0n) is 19.3. The van der Waals surface area contributed by atoms with Gasteiger partial charge in [-0.05, 0) is 25.0 Å². The summed E-state index contributed by atoms with van der Waals surface area (Å²) in [6, 6.07) is 23.0. The number of nitrogens with zero attached hydrogens (tertiary/aromatic N) is 1. The van der Waals surface area contributed by atoms with Crippen molar-refractivity contribution < 1.29 is 9.59 Å². The lowest BCUT2D eigenvalue weighted by Gasteiger charge is -2.22. The Bertz CT molecular complexity index is 1290. The summed E-state index contributed by atoms with van der Waals surface area (Å²) in [7, 11) is 0. The Balaban J connectivity index is 1.48. The molecule has 0 amide bonds. The van der Waals surface area contributed by atoms with E-state index < -0.39 is 0 Å². The Morgan fingerprint density at radius 3 is 2.29 bits per heavy atom. The lowest BCUT2D eigenvalue weighted by molar-refractivity contribution is 0.100. The lowest BCUT2D eigenvalue weighted by Crippen LogP contribution is -2.32. The third-order valence-electron chi connectivity index (χ3n) is 5.87. The second kappa shape index (κ2) is 9.77. The van der Waals surface area contributed by atoms with E-state index in [-0.39, 0.29) is 17.7 Å². The van der Waals surface area contributed by atoms with Gasteiger partial charge in [-0.3, -0.25) is 14.6 Å². The monoisotopic (exact) mass is 452 g/mol. The number of nitrogens with two attached hydrogens (primary N) is 1. The molecule has 6 heteroatoms. The summed E-state index contributed by atoms with van der Waals surface area (Å²) in [4.78, 5) is 24.0. The summed E-state index contributed by atoms with van der Waals surface area (Å²) >= 11 is 0. The number of nitrogens with one attached hydrogen (secondary N) is 2. The van der Waals surface area contributed by atoms with Crippen molar-refractivity contribution in [2.75, 3.05) is 0 Å². The van der Waals surface area contributed by atoms with Gasteiger partial charge in [0.1, 0.15) is 6.17 Å². The molecule has 1 aliphatic heterocycles. The maximum absolute atomic E-state index is 12.1. The van der Waals surface area contributed by atoms with Crippen molar-refractivity contribution in [1.29, 1.82) is 0 Å². The summed E-state index contributed by atoms with van der Waals surface area (Å²) < 4.78 is 0. The van der Waals surface area contributed by atoms with Crippen molar-refractivity contribution in [3.8, 4) is 0 Å². The minimum Gasteiger partial charge on any atom is -0.381 e. The predicted octanol–water partition coefficient (Wildman–Crippen LogP) is 4.63. The molecule has 3 aromatic carbocycles. The molecule has 172 valence electrons. The molecule has 0 aromatic heterocycles. The fraction of sp³-hybridized carbons (Fsp3) is 0.143. The number of Topliss-reactive ketones (excluding diaryl/α,β-unsaturated/α-hetero) is 2. The first-order valence-electron chi connectivity index (χ1n) is 11.1. The van der Waals surface area contributed by atoms with Gasteiger partial charge in [0.25, 0.3) is 0 Å². The Hall–Kier alpha value is -4.16. The fourth-order valence-corrected chi connectivity index (χ4v) is 4.14. The van der Waals surface area contributed by atoms with Gasteiger partial charge in [-0.15, -0.1) is 0 Å². The molecule has 34 heavy (non-hydrogen) atoms. The maximum Gasteiger partial charge on any atom is 0.160 e. The average Bonchev–Trinajstić information content (AvgIpc) is 3.24. The van der Waals surface area contributed by atoms with Gasteiger partial charge in [0.05, 0.1) is 5.70 Å². The third kappa shape index (κ3) is 4.77. The molecule has 0 fully saturated rings. The fourth-order valence-electron chi connectivity index (χ4n) is 4.14. The molecular formula is C28H28N4O2. The highest BCUT2D eigenvalue weighted by atomic mass is 16.1. The second-order valence-corrected chi connectivity index (χ2v) is 8.32. The van der Waals surface area contributed by atoms with Crippen LogP contribution >= 0.6 is 0 Å². The first-order valence-corrected chi connectivity index (χ1v) is 11.1. The molecule has 4 N–H and O–H groups in total. The third-order valence-corrected chi connectivity index (χ3v) is 5.87. The van der Waals surface area contributed by atoms with E-state index in [4.69, 9.17) is 5.84 Å². The molecule has 1 unspecified atom stereocenters. The number of hydrogen-bond acceptors (Lipinski definition) is 6. The van der Waals surface area contributed by atoms with Crippen LogP contribution in [0.15, 0.2) is 85.6 Å². The first kappa shape index (κ1) is 23.0. The van der Waals surface area contributed by atoms with Crippen LogP contribution in [0, 0.1) is 0 Å². The average molecular weight is 453 g/mol. The number of carbonyl (C=O) groups excluding carboxylic acids is 2. The molecule has 4 rings (SSSR count). The largest absolute Gasteiger partial charge is 0.381 e. The molecule has 0 spiro atoms. The Morgan fingerprint density at radius 2 is 1.59 bits per heavy atom. The van der Waals surface area contributed by atoms with Gasteiger partial charge in [0, 0.05) is 40.7 Å². The highest BCUT2D eigenvalue weighted by Crippen LogP contribution is 2.30. The molecule has 0 bridgehead atoms. The highest BCUT2D eigenvalue weighted by Gasteiger charge is 2.25. The molecular weight excluding hydrogens is 424 g/mol. The van der Waals surface area contributed by atoms with Gasteiger partial charge in [-0.1, -0.05) is 79.4 Å². The number of rotatable bonds is 8. The van der Waals surface area contributed by atoms with E-state index in [1.807, 2.05) is 72.9 Å². The summed E-state index contributed by atoms with van der Waals surface area (Å²) in [5.74, 6) is 6.32. The van der Waals surface area contributed by atoms with Crippen LogP contribution in [0.1, 0.15) is 63.0 Å². The minimum atomic E-state index is -0.267. The van der Waals surface area contributed by atoms with E-state index in [1.165, 1.54) is 0 Å². The van der Waals surface area contributed by atoms with Crippen molar-refractivity contribution in [3.05, 3.63) is 119 Å². The van der Waals surface area contributed by atoms with Crippen LogP contribution in [-0.2, 0) is 6.54 Å². The molecule has 0 saturated heterocycles. The van der Waals surface area contributed by atoms with Crippen LogP contribution < -0.4 is 16.5 Å². The van der Waals surface area contributed by atoms with Crippen LogP contribution in [0.25, 0.3) is 11.4 Å². The van der Waals surface area contributed by atoms with Crippen LogP contribution in [0.3, 0.4) is 0 Å². The zero-order chi connectivity index (χ0) is 24.2. The topological polar surface area (TPSA) is 87.5 Å². The standard InChI is InChI=1S/C28H28N4O2/c1-18(23-11-4-5-12-24(23)19(2)33)30-16-21-9-8-10-22(15-21)28-31-27(17-32(28)29)26-14-7-6-13-25(26)20(3)34/h4-15,17,28,30-31H,1,16,29H2,2-3H3. The zero-order valence-corrected chi connectivity index (χ0v) is 19.3. The van der Waals surface area contributed by atoms with Gasteiger partial charge >= 0.3 is 0 Å². The van der Waals surface area contributed by atoms with Crippen molar-refractivity contribution >= 4 is 23.0 Å². The van der Waals surface area contributed by atoms with E-state index in [0.29, 0.717) is 23.4 Å². The molecule has 0 radical (unpaired) electrons. The van der Waals surface area contributed by atoms with Crippen molar-refractivity contribution in [3.63, 3.8) is 0 Å². The molecule has 1 aliphatic rings. The summed E-state index contributed by atoms with van der Waals surface area (Å²) in [5.41, 5.74) is 6.46. The summed E-state index contributed by atoms with van der Waals surface area (Å²) in [5, 5.41) is 8.38. The summed E-state index contributed by atoms with van der Waals surface area (Å²) in [6.45, 7) is 7.78. The van der Waals surface area contributed by atoms with E-state index >= 15 is 0 Å². The first-order chi connectivity index (χ1) is 16.3. The SMILES string of the molecule is C=C(NCc1cccc(C2NC(c3ccccc3C(C)=O)=CN2N)c1)c1ccccc1C(C)=O. The number of hydrogen-bond donors (Lipinski definition) is 3. The van der Waals surface area contributed by atoms with Gasteiger partial charge in [-0.25, -0.2) is 5.84 Å². The smallest absolute Gasteiger partial charge is 0.160 e. The molecule has 0 saturated carbocycles. The maximum atomic E-state index is 12.1. The van der Waals surface area contributed by atoms with E-state index in [1.54, 1.807) is 18.9 Å².